The number of esters is 3. The molecule has 0 bridgehead atoms. The Morgan fingerprint density at radius 1 is 0.747 bits per heavy atom. The molecule has 0 aliphatic carbocycles. The van der Waals surface area contributed by atoms with E-state index in [2.05, 4.69) is 66.5 Å². The van der Waals surface area contributed by atoms with Crippen molar-refractivity contribution in [1.82, 2.24) is 24.5 Å². The van der Waals surface area contributed by atoms with Gasteiger partial charge in [0, 0.05) is 70.4 Å². The number of carbonyl (C=O) groups is 8. The number of alkyl halides is 3. The zero-order valence-corrected chi connectivity index (χ0v) is 58.4. The van der Waals surface area contributed by atoms with E-state index in [1.807, 2.05) is 70.1 Å². The van der Waals surface area contributed by atoms with Gasteiger partial charge in [0.15, 0.2) is 0 Å². The summed E-state index contributed by atoms with van der Waals surface area (Å²) in [4.78, 5) is 94.8. The smallest absolute Gasteiger partial charge is 0.475 e. The van der Waals surface area contributed by atoms with E-state index in [-0.39, 0.29) is 48.1 Å². The first-order chi connectivity index (χ1) is 42.8. The Kier molecular flexibility index (Phi) is 59.7. The number of fused-ring (bicyclic) bond motifs is 1. The summed E-state index contributed by atoms with van der Waals surface area (Å²) in [5.74, 6) is -1.51. The van der Waals surface area contributed by atoms with Crippen molar-refractivity contribution in [2.75, 3.05) is 52.5 Å². The first-order valence-electron chi connectivity index (χ1n) is 33.3. The number of nitrogens with zero attached hydrogens (tertiary/aromatic N) is 4. The number of hydrogen-bond acceptors (Lipinski definition) is 15. The van der Waals surface area contributed by atoms with Crippen LogP contribution in [0.1, 0.15) is 243 Å². The van der Waals surface area contributed by atoms with E-state index in [0.717, 1.165) is 108 Å². The monoisotopic (exact) mass is 1320 g/mol. The van der Waals surface area contributed by atoms with Crippen LogP contribution < -0.4 is 11.1 Å². The number of pyridine rings is 1. The molecule has 4 rings (SSSR count). The van der Waals surface area contributed by atoms with E-state index < -0.39 is 23.8 Å². The number of nitrogens with two attached hydrogens (primary N) is 1. The Morgan fingerprint density at radius 2 is 1.30 bits per heavy atom. The Morgan fingerprint density at radius 3 is 1.76 bits per heavy atom. The molecule has 2 aromatic rings. The minimum absolute atomic E-state index is 0. The van der Waals surface area contributed by atoms with Crippen LogP contribution in [0.2, 0.25) is 0 Å². The molecule has 0 radical (unpaired) electrons. The minimum Gasteiger partial charge on any atom is -0.475 e. The number of alkyl carbamates (subject to hydrolysis) is 1. The molecule has 2 saturated heterocycles. The molecule has 91 heavy (non-hydrogen) atoms. The van der Waals surface area contributed by atoms with E-state index >= 15 is 0 Å². The second kappa shape index (κ2) is 59.3. The fourth-order valence-electron chi connectivity index (χ4n) is 9.21. The molecule has 4 unspecified atom stereocenters. The Balaban J connectivity index is -0.000000502. The molecule has 0 saturated carbocycles. The van der Waals surface area contributed by atoms with Crippen molar-refractivity contribution in [2.45, 2.75) is 256 Å². The molecule has 19 nitrogen and oxygen atoms in total. The van der Waals surface area contributed by atoms with Crippen molar-refractivity contribution in [3.63, 3.8) is 0 Å². The van der Waals surface area contributed by atoms with Crippen LogP contribution in [0.5, 0.6) is 0 Å². The van der Waals surface area contributed by atoms with E-state index in [1.165, 1.54) is 58.0 Å². The number of unbranched alkanes of at least 4 members (excludes halogenated alkanes) is 3. The Bertz CT molecular complexity index is 2210. The third-order valence-electron chi connectivity index (χ3n) is 13.9. The van der Waals surface area contributed by atoms with Gasteiger partial charge >= 0.3 is 36.1 Å². The number of piperidine rings is 2. The normalized spacial score (nSPS) is 14.4. The summed E-state index contributed by atoms with van der Waals surface area (Å²) in [6, 6.07) is 5.97. The third-order valence-corrected chi connectivity index (χ3v) is 13.9. The molecule has 0 spiro atoms. The molecule has 2 aliphatic heterocycles. The number of carboxylic acids is 1. The Labute approximate surface area is 550 Å². The van der Waals surface area contributed by atoms with Crippen molar-refractivity contribution in [3.05, 3.63) is 48.6 Å². The zero-order valence-electron chi connectivity index (χ0n) is 57.6. The predicted octanol–water partition coefficient (Wildman–Crippen LogP) is 15.0. The number of hydrogen-bond donors (Lipinski definition) is 3. The number of ether oxygens (including phenoxy) is 4. The summed E-state index contributed by atoms with van der Waals surface area (Å²) in [6.45, 7) is 30.3. The van der Waals surface area contributed by atoms with Gasteiger partial charge in [0.25, 0.3) is 0 Å². The molecule has 0 aromatic carbocycles. The topological polar surface area (TPSA) is 256 Å². The number of carboxylic acid groups (broad SMARTS) is 1. The Hall–Kier alpha value is -5.77. The minimum atomic E-state index is -5.08. The van der Waals surface area contributed by atoms with Gasteiger partial charge in [-0.3, -0.25) is 19.2 Å². The lowest BCUT2D eigenvalue weighted by Crippen LogP contribution is -2.39. The van der Waals surface area contributed by atoms with Crippen molar-refractivity contribution in [1.29, 1.82) is 0 Å². The molecule has 528 valence electrons. The number of amides is 2. The largest absolute Gasteiger partial charge is 0.490 e. The summed E-state index contributed by atoms with van der Waals surface area (Å²) in [5.41, 5.74) is 7.11. The number of carbonyl (C=O) groups excluding carboxylic acids is 7. The van der Waals surface area contributed by atoms with Gasteiger partial charge in [-0.05, 0) is 168 Å². The van der Waals surface area contributed by atoms with Crippen LogP contribution in [0.15, 0.2) is 42.9 Å². The van der Waals surface area contributed by atoms with Crippen molar-refractivity contribution < 1.29 is 75.6 Å². The quantitative estimate of drug-likeness (QED) is 0.0266. The van der Waals surface area contributed by atoms with Crippen LogP contribution in [-0.2, 0) is 59.1 Å². The average Bonchev–Trinajstić information content (AvgIpc) is 1.78. The highest BCUT2D eigenvalue weighted by Gasteiger charge is 2.38. The van der Waals surface area contributed by atoms with Crippen molar-refractivity contribution in [2.24, 2.45) is 29.4 Å². The van der Waals surface area contributed by atoms with Crippen LogP contribution in [0.3, 0.4) is 0 Å². The molecule has 2 amide bonds. The number of halogens is 4. The maximum atomic E-state index is 12.1. The molecule has 2 fully saturated rings. The number of nitrogens with one attached hydrogen (secondary N) is 1. The van der Waals surface area contributed by atoms with Gasteiger partial charge in [-0.15, -0.1) is 12.4 Å². The third kappa shape index (κ3) is 53.4. The molecule has 4 atom stereocenters. The molecular formula is C68H120ClF3N6O13. The van der Waals surface area contributed by atoms with Crippen molar-refractivity contribution >= 4 is 66.5 Å². The summed E-state index contributed by atoms with van der Waals surface area (Å²) in [7, 11) is 0. The number of allylic oxidation sites excluding steroid dienone is 1. The van der Waals surface area contributed by atoms with Gasteiger partial charge in [-0.2, -0.15) is 13.2 Å². The first-order valence-corrected chi connectivity index (χ1v) is 33.3. The number of aromatic nitrogens is 2. The first kappa shape index (κ1) is 91.6. The summed E-state index contributed by atoms with van der Waals surface area (Å²) >= 11 is 0. The highest BCUT2D eigenvalue weighted by atomic mass is 35.5. The van der Waals surface area contributed by atoms with Gasteiger partial charge in [0.1, 0.15) is 23.8 Å². The standard InChI is InChI=1S/C16H21N3O.C15H29NO4.C10H21NO2.C10H19N.C10H18O3.C5H10O.C2HF3O2.ClH/c1-2-5-13-7-8-16(20)18(11-13)12-14-10-17-15-6-3-4-9-19(14)15;1-6-8-12(9-10-13(17)19-7-2)11-16-14(18)20-15(3,4)5;1-3-5-9(8-11)6-7-10(12)13-4-2;1-2-3-5-8-11-9-6-4-7-10-11;1-3-5-9(8-11)6-7-10(12)13-4-2;1-2-3-4-5-6;3-2(4,5)1(6)7;/h3-4,6,9-10,13H,2,5,7-8,11-12H2,1H3;12H,6-11H2,1-5H3,(H,16,18);9H,3-8,11H2,1-2H3;5,8H,2-4,6-7,9-10H2,1H3;8-9H,3-7H2,1-2H3;5H,2-4H2,1H3;(H,6,7);1H. The zero-order chi connectivity index (χ0) is 68.6. The lowest BCUT2D eigenvalue weighted by atomic mass is 9.93. The van der Waals surface area contributed by atoms with E-state index in [0.29, 0.717) is 83.4 Å². The van der Waals surface area contributed by atoms with E-state index in [4.69, 9.17) is 34.6 Å². The van der Waals surface area contributed by atoms with E-state index in [1.54, 1.807) is 13.8 Å². The van der Waals surface area contributed by atoms with Gasteiger partial charge in [-0.1, -0.05) is 92.2 Å². The molecule has 23 heteroatoms. The second-order valence-electron chi connectivity index (χ2n) is 23.2. The summed E-state index contributed by atoms with van der Waals surface area (Å²) in [6.07, 6.45) is 28.2. The summed E-state index contributed by atoms with van der Waals surface area (Å²) < 4.78 is 53.5. The molecule has 4 N–H and O–H groups in total. The molecule has 2 aliphatic rings. The highest BCUT2D eigenvalue weighted by molar-refractivity contribution is 5.85. The van der Waals surface area contributed by atoms with Gasteiger partial charge in [-0.25, -0.2) is 14.6 Å². The number of rotatable bonds is 32. The average molecular weight is 1320 g/mol. The van der Waals surface area contributed by atoms with Crippen LogP contribution in [0, 0.1) is 23.7 Å². The fourth-order valence-corrected chi connectivity index (χ4v) is 9.21. The van der Waals surface area contributed by atoms with Crippen LogP contribution >= 0.6 is 12.4 Å². The number of imidazole rings is 1. The number of aliphatic carboxylic acids is 1. The number of likely N-dealkylation sites (tertiary alicyclic amines) is 2. The maximum Gasteiger partial charge on any atom is 0.490 e. The summed E-state index contributed by atoms with van der Waals surface area (Å²) in [5, 5.41) is 9.89. The van der Waals surface area contributed by atoms with Crippen LogP contribution in [-0.4, -0.2) is 137 Å². The van der Waals surface area contributed by atoms with Gasteiger partial charge in [0.2, 0.25) is 5.91 Å². The second-order valence-corrected chi connectivity index (χ2v) is 23.2. The van der Waals surface area contributed by atoms with E-state index in [9.17, 15) is 46.7 Å². The SMILES string of the molecule is CCCC(C=O)CCC(=O)OCC.CCCC(CCC(=O)OCC)CNC(=O)OC(C)(C)C.CCCC(CN)CCC(=O)OCC.CCCC1CCC(=O)N(Cc2cnc3ccccn23)C1.CCCC=CN1CCCCC1.CCCCC=O.Cl.O=C(O)C(F)(F)F. The number of aldehydes is 2. The van der Waals surface area contributed by atoms with Crippen molar-refractivity contribution in [3.8, 4) is 0 Å². The van der Waals surface area contributed by atoms with Gasteiger partial charge < -0.3 is 58.9 Å². The maximum absolute atomic E-state index is 12.1. The van der Waals surface area contributed by atoms with Crippen LogP contribution in [0.4, 0.5) is 18.0 Å². The lowest BCUT2D eigenvalue weighted by molar-refractivity contribution is -0.192. The highest BCUT2D eigenvalue weighted by Crippen LogP contribution is 2.24. The fraction of sp³-hybridized carbons (Fsp3) is 0.750. The molecular weight excluding hydrogens is 1200 g/mol. The lowest BCUT2D eigenvalue weighted by Gasteiger charge is -2.32. The predicted molar refractivity (Wildman–Crippen MR) is 356 cm³/mol. The molecule has 2 aromatic heterocycles. The van der Waals surface area contributed by atoms with Gasteiger partial charge in [0.05, 0.1) is 38.3 Å². The van der Waals surface area contributed by atoms with Crippen LogP contribution in [0.25, 0.3) is 5.65 Å². The molecule has 4 heterocycles.